The summed E-state index contributed by atoms with van der Waals surface area (Å²) in [5, 5.41) is 26.3. The van der Waals surface area contributed by atoms with Crippen LogP contribution in [0, 0.1) is 10.1 Å². The van der Waals surface area contributed by atoms with Gasteiger partial charge in [-0.1, -0.05) is 11.6 Å². The van der Waals surface area contributed by atoms with E-state index in [2.05, 4.69) is 10.6 Å². The maximum atomic E-state index is 13.1. The summed E-state index contributed by atoms with van der Waals surface area (Å²) in [7, 11) is 0. The number of ether oxygens (including phenoxy) is 1. The van der Waals surface area contributed by atoms with Gasteiger partial charge < -0.3 is 24.5 Å². The number of carbonyl (C=O) groups excluding carboxylic acids is 1. The van der Waals surface area contributed by atoms with Crippen molar-refractivity contribution >= 4 is 51.9 Å². The lowest BCUT2D eigenvalue weighted by molar-refractivity contribution is -0.384. The fraction of sp³-hybridized carbons (Fsp3) is 0.217. The third kappa shape index (κ3) is 5.77. The number of aliphatic hydroxyl groups excluding tert-OH is 1. The van der Waals surface area contributed by atoms with Crippen molar-refractivity contribution in [2.75, 3.05) is 36.5 Å². The Hall–Kier alpha value is -3.51. The van der Waals surface area contributed by atoms with Crippen molar-refractivity contribution in [1.82, 2.24) is 5.32 Å². The van der Waals surface area contributed by atoms with Crippen LogP contribution in [-0.2, 0) is 11.3 Å². The van der Waals surface area contributed by atoms with Gasteiger partial charge in [-0.25, -0.2) is 0 Å². The second-order valence-corrected chi connectivity index (χ2v) is 8.40. The minimum Gasteiger partial charge on any atom is -0.459 e. The standard InChI is InChI=1S/C23H21ClN4O6S/c24-18-4-1-14(21-6-3-16(13-29)34-21)11-19(18)25-23(35)26-22(30)17-12-15(28(31)32)2-5-20(17)27-7-9-33-10-8-27/h1-6,11-12,29H,7-10,13H2,(H2,25,26,30,35). The minimum atomic E-state index is -0.599. The van der Waals surface area contributed by atoms with Gasteiger partial charge in [0.2, 0.25) is 0 Å². The van der Waals surface area contributed by atoms with E-state index in [1.54, 1.807) is 36.4 Å². The quantitative estimate of drug-likeness (QED) is 0.253. The Kier molecular flexibility index (Phi) is 7.61. The summed E-state index contributed by atoms with van der Waals surface area (Å²) < 4.78 is 10.9. The molecule has 1 aliphatic heterocycles. The first-order valence-corrected chi connectivity index (χ1v) is 11.4. The molecule has 0 radical (unpaired) electrons. The summed E-state index contributed by atoms with van der Waals surface area (Å²) >= 11 is 11.6. The van der Waals surface area contributed by atoms with Crippen LogP contribution in [0.25, 0.3) is 11.3 Å². The van der Waals surface area contributed by atoms with E-state index >= 15 is 0 Å². The lowest BCUT2D eigenvalue weighted by Gasteiger charge is -2.30. The van der Waals surface area contributed by atoms with Gasteiger partial charge in [0.15, 0.2) is 5.11 Å². The predicted molar refractivity (Wildman–Crippen MR) is 135 cm³/mol. The van der Waals surface area contributed by atoms with Crippen LogP contribution >= 0.6 is 23.8 Å². The summed E-state index contributed by atoms with van der Waals surface area (Å²) in [5.74, 6) is 0.342. The number of furan rings is 1. The molecule has 0 unspecified atom stereocenters. The molecule has 3 aromatic rings. The van der Waals surface area contributed by atoms with Crippen LogP contribution < -0.4 is 15.5 Å². The molecule has 35 heavy (non-hydrogen) atoms. The smallest absolute Gasteiger partial charge is 0.270 e. The number of nitrogens with zero attached hydrogens (tertiary/aromatic N) is 2. The molecule has 10 nitrogen and oxygen atoms in total. The van der Waals surface area contributed by atoms with Crippen molar-refractivity contribution in [1.29, 1.82) is 0 Å². The van der Waals surface area contributed by atoms with E-state index in [0.717, 1.165) is 0 Å². The molecule has 1 fully saturated rings. The van der Waals surface area contributed by atoms with Crippen molar-refractivity contribution in [3.63, 3.8) is 0 Å². The van der Waals surface area contributed by atoms with Gasteiger partial charge in [0.05, 0.1) is 40.1 Å². The van der Waals surface area contributed by atoms with Gasteiger partial charge in [-0.05, 0) is 48.6 Å². The lowest BCUT2D eigenvalue weighted by atomic mass is 10.1. The molecule has 1 aromatic heterocycles. The highest BCUT2D eigenvalue weighted by Gasteiger charge is 2.23. The number of benzene rings is 2. The normalized spacial score (nSPS) is 13.4. The fourth-order valence-corrected chi connectivity index (χ4v) is 3.98. The Morgan fingerprint density at radius 3 is 2.63 bits per heavy atom. The molecule has 4 rings (SSSR count). The van der Waals surface area contributed by atoms with E-state index in [4.69, 9.17) is 33.0 Å². The Balaban J connectivity index is 1.53. The van der Waals surface area contributed by atoms with Gasteiger partial charge in [-0.15, -0.1) is 0 Å². The number of anilines is 2. The van der Waals surface area contributed by atoms with Crippen LogP contribution in [0.1, 0.15) is 16.1 Å². The average Bonchev–Trinajstić information content (AvgIpc) is 3.35. The molecule has 2 heterocycles. The highest BCUT2D eigenvalue weighted by Crippen LogP contribution is 2.30. The molecule has 1 aliphatic rings. The van der Waals surface area contributed by atoms with E-state index in [9.17, 15) is 20.0 Å². The zero-order chi connectivity index (χ0) is 24.9. The number of nitrogens with one attached hydrogen (secondary N) is 2. The van der Waals surface area contributed by atoms with Crippen LogP contribution in [0.15, 0.2) is 52.9 Å². The Morgan fingerprint density at radius 1 is 1.17 bits per heavy atom. The van der Waals surface area contributed by atoms with Gasteiger partial charge in [-0.2, -0.15) is 0 Å². The number of aliphatic hydroxyl groups is 1. The van der Waals surface area contributed by atoms with Crippen molar-refractivity contribution in [2.45, 2.75) is 6.61 Å². The summed E-state index contributed by atoms with van der Waals surface area (Å²) in [6.07, 6.45) is 0. The third-order valence-corrected chi connectivity index (χ3v) is 5.86. The number of nitro groups is 1. The molecule has 1 saturated heterocycles. The molecular formula is C23H21ClN4O6S. The van der Waals surface area contributed by atoms with Crippen LogP contribution in [-0.4, -0.2) is 47.4 Å². The first-order chi connectivity index (χ1) is 16.9. The molecule has 0 atom stereocenters. The van der Waals surface area contributed by atoms with Crippen molar-refractivity contribution < 1.29 is 24.0 Å². The highest BCUT2D eigenvalue weighted by molar-refractivity contribution is 7.80. The molecule has 3 N–H and O–H groups in total. The fourth-order valence-electron chi connectivity index (χ4n) is 3.62. The van der Waals surface area contributed by atoms with E-state index in [-0.39, 0.29) is 23.0 Å². The number of hydrogen-bond donors (Lipinski definition) is 3. The molecule has 0 bridgehead atoms. The number of hydrogen-bond acceptors (Lipinski definition) is 8. The monoisotopic (exact) mass is 516 g/mol. The molecule has 0 spiro atoms. The molecule has 0 saturated carbocycles. The van der Waals surface area contributed by atoms with E-state index < -0.39 is 10.8 Å². The molecule has 12 heteroatoms. The van der Waals surface area contributed by atoms with Crippen molar-refractivity contribution in [2.24, 2.45) is 0 Å². The second kappa shape index (κ2) is 10.8. The molecule has 0 aliphatic carbocycles. The van der Waals surface area contributed by atoms with Crippen LogP contribution in [0.4, 0.5) is 17.1 Å². The maximum absolute atomic E-state index is 13.1. The van der Waals surface area contributed by atoms with Gasteiger partial charge >= 0.3 is 0 Å². The predicted octanol–water partition coefficient (Wildman–Crippen LogP) is 3.96. The lowest BCUT2D eigenvalue weighted by Crippen LogP contribution is -2.39. The Morgan fingerprint density at radius 2 is 1.94 bits per heavy atom. The summed E-state index contributed by atoms with van der Waals surface area (Å²) in [5.41, 5.74) is 1.57. The zero-order valence-corrected chi connectivity index (χ0v) is 19.9. The maximum Gasteiger partial charge on any atom is 0.270 e. The van der Waals surface area contributed by atoms with E-state index in [0.29, 0.717) is 59.8 Å². The third-order valence-electron chi connectivity index (χ3n) is 5.33. The average molecular weight is 517 g/mol. The largest absolute Gasteiger partial charge is 0.459 e. The number of thiocarbonyl (C=S) groups is 1. The molecule has 182 valence electrons. The summed E-state index contributed by atoms with van der Waals surface area (Å²) in [6.45, 7) is 1.85. The second-order valence-electron chi connectivity index (χ2n) is 7.58. The van der Waals surface area contributed by atoms with Crippen molar-refractivity contribution in [3.05, 3.63) is 75.0 Å². The topological polar surface area (TPSA) is 130 Å². The number of rotatable bonds is 6. The first kappa shape index (κ1) is 24.6. The zero-order valence-electron chi connectivity index (χ0n) is 18.3. The van der Waals surface area contributed by atoms with Crippen LogP contribution in [0.2, 0.25) is 5.02 Å². The number of halogens is 1. The van der Waals surface area contributed by atoms with Crippen molar-refractivity contribution in [3.8, 4) is 11.3 Å². The van der Waals surface area contributed by atoms with Gasteiger partial charge in [-0.3, -0.25) is 20.2 Å². The number of carbonyl (C=O) groups is 1. The van der Waals surface area contributed by atoms with E-state index in [1.165, 1.54) is 12.1 Å². The van der Waals surface area contributed by atoms with Crippen LogP contribution in [0.3, 0.4) is 0 Å². The van der Waals surface area contributed by atoms with E-state index in [1.807, 2.05) is 4.90 Å². The van der Waals surface area contributed by atoms with Gasteiger partial charge in [0.25, 0.3) is 11.6 Å². The summed E-state index contributed by atoms with van der Waals surface area (Å²) in [6, 6.07) is 12.6. The molecule has 2 aromatic carbocycles. The SMILES string of the molecule is O=C(NC(=S)Nc1cc(-c2ccc(CO)o2)ccc1Cl)c1cc([N+](=O)[O-])ccc1N1CCOCC1. The Bertz CT molecular complexity index is 1270. The van der Waals surface area contributed by atoms with Gasteiger partial charge in [0.1, 0.15) is 18.1 Å². The Labute approximate surface area is 210 Å². The molecular weight excluding hydrogens is 496 g/mol. The number of morpholine rings is 1. The first-order valence-electron chi connectivity index (χ1n) is 10.6. The minimum absolute atomic E-state index is 0.0380. The molecule has 1 amide bonds. The van der Waals surface area contributed by atoms with Gasteiger partial charge in [0, 0.05) is 30.8 Å². The van der Waals surface area contributed by atoms with Crippen LogP contribution in [0.5, 0.6) is 0 Å². The highest BCUT2D eigenvalue weighted by atomic mass is 35.5. The number of amides is 1. The number of non-ortho nitro benzene ring substituents is 1. The summed E-state index contributed by atoms with van der Waals surface area (Å²) in [4.78, 5) is 25.8. The number of nitro benzene ring substituents is 1.